The zero-order valence-electron chi connectivity index (χ0n) is 16.4. The predicted octanol–water partition coefficient (Wildman–Crippen LogP) is 3.16. The van der Waals surface area contributed by atoms with Crippen LogP contribution < -0.4 is 0 Å². The van der Waals surface area contributed by atoms with Gasteiger partial charge in [0.05, 0.1) is 16.8 Å². The number of carbonyl (C=O) groups excluding carboxylic acids is 1. The van der Waals surface area contributed by atoms with Crippen LogP contribution in [0, 0.1) is 0 Å². The van der Waals surface area contributed by atoms with Crippen LogP contribution >= 0.6 is 0 Å². The molecule has 3 aromatic rings. The van der Waals surface area contributed by atoms with Crippen molar-refractivity contribution in [3.63, 3.8) is 0 Å². The largest absolute Gasteiger partial charge is 0.460 e. The highest BCUT2D eigenvalue weighted by molar-refractivity contribution is 7.89. The van der Waals surface area contributed by atoms with Crippen molar-refractivity contribution in [3.05, 3.63) is 78.6 Å². The summed E-state index contributed by atoms with van der Waals surface area (Å²) in [5, 5.41) is 4.29. The second-order valence-electron chi connectivity index (χ2n) is 7.18. The Morgan fingerprint density at radius 3 is 2.47 bits per heavy atom. The summed E-state index contributed by atoms with van der Waals surface area (Å²) in [4.78, 5) is 13.0. The van der Waals surface area contributed by atoms with Crippen molar-refractivity contribution in [3.8, 4) is 5.69 Å². The van der Waals surface area contributed by atoms with E-state index in [1.54, 1.807) is 47.4 Å². The maximum atomic E-state index is 13.0. The van der Waals surface area contributed by atoms with Crippen molar-refractivity contribution in [2.75, 3.05) is 6.54 Å². The Morgan fingerprint density at radius 2 is 1.73 bits per heavy atom. The number of hydrogen-bond acceptors (Lipinski definition) is 5. The second-order valence-corrected chi connectivity index (χ2v) is 9.07. The first-order valence-corrected chi connectivity index (χ1v) is 11.3. The molecule has 2 aromatic carbocycles. The van der Waals surface area contributed by atoms with Crippen LogP contribution in [-0.4, -0.2) is 41.1 Å². The molecule has 0 N–H and O–H groups in total. The van der Waals surface area contributed by atoms with Crippen LogP contribution in [0.3, 0.4) is 0 Å². The fourth-order valence-electron chi connectivity index (χ4n) is 3.56. The number of benzene rings is 2. The number of piperidine rings is 1. The highest BCUT2D eigenvalue weighted by Crippen LogP contribution is 2.26. The van der Waals surface area contributed by atoms with Gasteiger partial charge in [-0.25, -0.2) is 13.1 Å². The van der Waals surface area contributed by atoms with Gasteiger partial charge in [0.1, 0.15) is 12.6 Å². The third-order valence-corrected chi connectivity index (χ3v) is 7.04. The zero-order chi connectivity index (χ0) is 21.0. The number of rotatable bonds is 6. The van der Waals surface area contributed by atoms with Crippen LogP contribution in [-0.2, 0) is 26.2 Å². The standard InChI is InChI=1S/C22H23N3O4S/c26-22(29-17-18-15-23-24(16-18)19-9-3-1-4-10-19)21-13-7-8-14-25(21)30(27,28)20-11-5-2-6-12-20/h1-6,9-12,15-16,21H,7-8,13-14,17H2. The van der Waals surface area contributed by atoms with Gasteiger partial charge in [-0.15, -0.1) is 0 Å². The van der Waals surface area contributed by atoms with E-state index in [2.05, 4.69) is 5.10 Å². The molecular formula is C22H23N3O4S. The lowest BCUT2D eigenvalue weighted by Crippen LogP contribution is -2.48. The molecular weight excluding hydrogens is 402 g/mol. The van der Waals surface area contributed by atoms with E-state index in [4.69, 9.17) is 4.74 Å². The van der Waals surface area contributed by atoms with Gasteiger partial charge in [-0.05, 0) is 43.5 Å². The maximum Gasteiger partial charge on any atom is 0.324 e. The molecule has 1 unspecified atom stereocenters. The van der Waals surface area contributed by atoms with Crippen LogP contribution in [0.5, 0.6) is 0 Å². The Morgan fingerprint density at radius 1 is 1.03 bits per heavy atom. The fraction of sp³-hybridized carbons (Fsp3) is 0.273. The molecule has 1 aliphatic rings. The van der Waals surface area contributed by atoms with Gasteiger partial charge in [0.2, 0.25) is 10.0 Å². The van der Waals surface area contributed by atoms with Crippen molar-refractivity contribution >= 4 is 16.0 Å². The van der Waals surface area contributed by atoms with E-state index in [9.17, 15) is 13.2 Å². The number of carbonyl (C=O) groups is 1. The zero-order valence-corrected chi connectivity index (χ0v) is 17.2. The lowest BCUT2D eigenvalue weighted by atomic mass is 10.1. The van der Waals surface area contributed by atoms with Crippen molar-refractivity contribution in [2.45, 2.75) is 36.8 Å². The van der Waals surface area contributed by atoms with Crippen LogP contribution in [0.25, 0.3) is 5.69 Å². The summed E-state index contributed by atoms with van der Waals surface area (Å²) in [5.74, 6) is -0.526. The molecule has 7 nitrogen and oxygen atoms in total. The van der Waals surface area contributed by atoms with Gasteiger partial charge in [0.25, 0.3) is 0 Å². The number of para-hydroxylation sites is 1. The smallest absolute Gasteiger partial charge is 0.324 e. The molecule has 0 amide bonds. The summed E-state index contributed by atoms with van der Waals surface area (Å²) in [7, 11) is -3.76. The molecule has 30 heavy (non-hydrogen) atoms. The lowest BCUT2D eigenvalue weighted by molar-refractivity contribution is -0.150. The molecule has 1 atom stereocenters. The summed E-state index contributed by atoms with van der Waals surface area (Å²) in [6.07, 6.45) is 5.39. The molecule has 4 rings (SSSR count). The highest BCUT2D eigenvalue weighted by atomic mass is 32.2. The van der Waals surface area contributed by atoms with Crippen LogP contribution in [0.1, 0.15) is 24.8 Å². The van der Waals surface area contributed by atoms with Crippen LogP contribution in [0.4, 0.5) is 0 Å². The van der Waals surface area contributed by atoms with Gasteiger partial charge in [-0.1, -0.05) is 36.4 Å². The van der Waals surface area contributed by atoms with Crippen molar-refractivity contribution < 1.29 is 17.9 Å². The van der Waals surface area contributed by atoms with E-state index in [0.29, 0.717) is 13.0 Å². The summed E-state index contributed by atoms with van der Waals surface area (Å²) < 4.78 is 34.5. The molecule has 0 spiro atoms. The average molecular weight is 426 g/mol. The Balaban J connectivity index is 1.45. The lowest BCUT2D eigenvalue weighted by Gasteiger charge is -2.32. The second kappa shape index (κ2) is 8.81. The first-order valence-electron chi connectivity index (χ1n) is 9.88. The van der Waals surface area contributed by atoms with E-state index in [1.807, 2.05) is 30.3 Å². The van der Waals surface area contributed by atoms with Gasteiger partial charge < -0.3 is 4.74 Å². The first-order chi connectivity index (χ1) is 14.6. The van der Waals surface area contributed by atoms with Crippen LogP contribution in [0.2, 0.25) is 0 Å². The van der Waals surface area contributed by atoms with Gasteiger partial charge in [-0.2, -0.15) is 9.40 Å². The summed E-state index contributed by atoms with van der Waals surface area (Å²) in [6, 6.07) is 17.0. The number of aromatic nitrogens is 2. The molecule has 1 fully saturated rings. The van der Waals surface area contributed by atoms with E-state index in [0.717, 1.165) is 24.1 Å². The van der Waals surface area contributed by atoms with E-state index in [1.165, 1.54) is 4.31 Å². The molecule has 0 radical (unpaired) electrons. The Bertz CT molecular complexity index is 1100. The number of sulfonamides is 1. The van der Waals surface area contributed by atoms with Gasteiger partial charge in [-0.3, -0.25) is 4.79 Å². The van der Waals surface area contributed by atoms with Gasteiger partial charge in [0, 0.05) is 18.3 Å². The summed E-state index contributed by atoms with van der Waals surface area (Å²) in [6.45, 7) is 0.352. The van der Waals surface area contributed by atoms with Crippen LogP contribution in [0.15, 0.2) is 78.0 Å². The van der Waals surface area contributed by atoms with E-state index < -0.39 is 22.0 Å². The Kier molecular flexibility index (Phi) is 5.96. The van der Waals surface area contributed by atoms with E-state index in [-0.39, 0.29) is 11.5 Å². The third-order valence-electron chi connectivity index (χ3n) is 5.11. The molecule has 8 heteroatoms. The molecule has 1 saturated heterocycles. The first kappa shape index (κ1) is 20.3. The van der Waals surface area contributed by atoms with Crippen molar-refractivity contribution in [1.29, 1.82) is 0 Å². The minimum Gasteiger partial charge on any atom is -0.460 e. The number of esters is 1. The minimum atomic E-state index is -3.76. The average Bonchev–Trinajstić information content (AvgIpc) is 3.28. The predicted molar refractivity (Wildman–Crippen MR) is 111 cm³/mol. The molecule has 0 aliphatic carbocycles. The normalized spacial score (nSPS) is 17.5. The molecule has 1 aliphatic heterocycles. The number of hydrogen-bond donors (Lipinski definition) is 0. The molecule has 156 valence electrons. The quantitative estimate of drug-likeness (QED) is 0.567. The van der Waals surface area contributed by atoms with E-state index >= 15 is 0 Å². The molecule has 1 aromatic heterocycles. The molecule has 2 heterocycles. The molecule has 0 bridgehead atoms. The van der Waals surface area contributed by atoms with Crippen molar-refractivity contribution in [2.24, 2.45) is 0 Å². The third kappa shape index (κ3) is 4.29. The minimum absolute atomic E-state index is 0.0430. The maximum absolute atomic E-state index is 13.0. The fourth-order valence-corrected chi connectivity index (χ4v) is 5.23. The SMILES string of the molecule is O=C(OCc1cnn(-c2ccccc2)c1)C1CCCCN1S(=O)(=O)c1ccccc1. The highest BCUT2D eigenvalue weighted by Gasteiger charge is 2.38. The summed E-state index contributed by atoms with van der Waals surface area (Å²) >= 11 is 0. The van der Waals surface area contributed by atoms with Gasteiger partial charge >= 0.3 is 5.97 Å². The van der Waals surface area contributed by atoms with Crippen molar-refractivity contribution in [1.82, 2.24) is 14.1 Å². The molecule has 0 saturated carbocycles. The van der Waals surface area contributed by atoms with Gasteiger partial charge in [0.15, 0.2) is 0 Å². The Hall–Kier alpha value is -2.97. The summed E-state index contributed by atoms with van der Waals surface area (Å²) in [5.41, 5.74) is 1.64. The number of nitrogens with zero attached hydrogens (tertiary/aromatic N) is 3. The monoisotopic (exact) mass is 425 g/mol. The number of ether oxygens (including phenoxy) is 1. The topological polar surface area (TPSA) is 81.5 Å². The Labute approximate surface area is 175 Å².